The van der Waals surface area contributed by atoms with Gasteiger partial charge < -0.3 is 10.2 Å². The summed E-state index contributed by atoms with van der Waals surface area (Å²) in [5.74, 6) is 0.189. The number of likely N-dealkylation sites (tertiary alicyclic amines) is 1. The first-order valence-electron chi connectivity index (χ1n) is 8.91. The molecule has 5 nitrogen and oxygen atoms in total. The largest absolute Gasteiger partial charge is 0.306 e. The Hall–Kier alpha value is -2.31. The molecule has 1 N–H and O–H groups in total. The number of piperidine rings is 1. The molecule has 1 aliphatic rings. The van der Waals surface area contributed by atoms with E-state index in [1.54, 1.807) is 0 Å². The van der Waals surface area contributed by atoms with Crippen LogP contribution in [0, 0.1) is 12.8 Å². The Labute approximate surface area is 157 Å². The van der Waals surface area contributed by atoms with E-state index in [4.69, 9.17) is 0 Å². The van der Waals surface area contributed by atoms with E-state index in [1.807, 2.05) is 24.7 Å². The van der Waals surface area contributed by atoms with Gasteiger partial charge in [0.2, 0.25) is 5.91 Å². The lowest BCUT2D eigenvalue weighted by molar-refractivity contribution is -0.121. The topological polar surface area (TPSA) is 58.1 Å². The number of carbonyl (C=O) groups excluding carboxylic acids is 1. The molecule has 0 bridgehead atoms. The van der Waals surface area contributed by atoms with Gasteiger partial charge in [0.1, 0.15) is 0 Å². The van der Waals surface area contributed by atoms with Crippen molar-refractivity contribution >= 4 is 33.1 Å². The number of rotatable bonds is 3. The lowest BCUT2D eigenvalue weighted by Crippen LogP contribution is -2.35. The van der Waals surface area contributed by atoms with Crippen molar-refractivity contribution in [1.29, 1.82) is 0 Å². The summed E-state index contributed by atoms with van der Waals surface area (Å²) in [5, 5.41) is 6.02. The average Bonchev–Trinajstić information content (AvgIpc) is 3.11. The summed E-state index contributed by atoms with van der Waals surface area (Å²) < 4.78 is 0. The number of amides is 1. The maximum Gasteiger partial charge on any atom is 0.229 e. The summed E-state index contributed by atoms with van der Waals surface area (Å²) in [4.78, 5) is 24.4. The fourth-order valence-corrected chi connectivity index (χ4v) is 4.43. The Morgan fingerprint density at radius 3 is 2.85 bits per heavy atom. The number of fused-ring (bicyclic) bond motifs is 1. The van der Waals surface area contributed by atoms with Gasteiger partial charge in [-0.05, 0) is 62.5 Å². The van der Waals surface area contributed by atoms with Crippen LogP contribution in [0.3, 0.4) is 0 Å². The first-order valence-corrected chi connectivity index (χ1v) is 9.72. The Bertz CT molecular complexity index is 944. The van der Waals surface area contributed by atoms with Crippen molar-refractivity contribution < 1.29 is 4.79 Å². The van der Waals surface area contributed by atoms with Crippen LogP contribution in [0.25, 0.3) is 21.2 Å². The smallest absolute Gasteiger partial charge is 0.229 e. The highest BCUT2D eigenvalue weighted by atomic mass is 32.1. The standard InChI is InChI=1S/C20H22N4OS/c1-13-16-5-8-21-11-15(16)3-4-17(13)18-12-22-20(26-18)23-19(25)14-6-9-24(2)10-7-14/h3-5,8,11-12,14H,6-7,9-10H2,1-2H3,(H,22,23,25). The van der Waals surface area contributed by atoms with Gasteiger partial charge in [-0.2, -0.15) is 0 Å². The van der Waals surface area contributed by atoms with E-state index in [0.717, 1.165) is 41.8 Å². The van der Waals surface area contributed by atoms with Crippen molar-refractivity contribution in [2.75, 3.05) is 25.5 Å². The van der Waals surface area contributed by atoms with Gasteiger partial charge in [0.25, 0.3) is 0 Å². The molecular formula is C20H22N4OS. The SMILES string of the molecule is Cc1c(-c2cnc(NC(=O)C3CCN(C)CC3)s2)ccc2cnccc12. The van der Waals surface area contributed by atoms with E-state index in [0.29, 0.717) is 5.13 Å². The van der Waals surface area contributed by atoms with E-state index in [9.17, 15) is 4.79 Å². The highest BCUT2D eigenvalue weighted by Crippen LogP contribution is 2.34. The van der Waals surface area contributed by atoms with Crippen molar-refractivity contribution in [3.63, 3.8) is 0 Å². The van der Waals surface area contributed by atoms with Crippen molar-refractivity contribution in [3.8, 4) is 10.4 Å². The van der Waals surface area contributed by atoms with Crippen molar-refractivity contribution in [2.45, 2.75) is 19.8 Å². The van der Waals surface area contributed by atoms with Gasteiger partial charge in [-0.1, -0.05) is 23.5 Å². The third-order valence-electron chi connectivity index (χ3n) is 5.18. The molecule has 0 spiro atoms. The third-order valence-corrected chi connectivity index (χ3v) is 6.13. The van der Waals surface area contributed by atoms with E-state index < -0.39 is 0 Å². The number of thiazole rings is 1. The van der Waals surface area contributed by atoms with Gasteiger partial charge in [-0.3, -0.25) is 9.78 Å². The van der Waals surface area contributed by atoms with Gasteiger partial charge in [0.15, 0.2) is 5.13 Å². The minimum Gasteiger partial charge on any atom is -0.306 e. The molecule has 0 atom stereocenters. The lowest BCUT2D eigenvalue weighted by Gasteiger charge is -2.27. The van der Waals surface area contributed by atoms with Crippen LogP contribution in [-0.2, 0) is 4.79 Å². The zero-order valence-electron chi connectivity index (χ0n) is 15.0. The number of hydrogen-bond donors (Lipinski definition) is 1. The van der Waals surface area contributed by atoms with E-state index in [-0.39, 0.29) is 11.8 Å². The second-order valence-electron chi connectivity index (χ2n) is 6.93. The first-order chi connectivity index (χ1) is 12.6. The molecule has 2 aromatic heterocycles. The van der Waals surface area contributed by atoms with Crippen LogP contribution < -0.4 is 5.32 Å². The van der Waals surface area contributed by atoms with Crippen LogP contribution in [0.15, 0.2) is 36.8 Å². The second kappa shape index (κ2) is 7.13. The quantitative estimate of drug-likeness (QED) is 0.763. The number of pyridine rings is 1. The van der Waals surface area contributed by atoms with Gasteiger partial charge in [0.05, 0.1) is 4.88 Å². The monoisotopic (exact) mass is 366 g/mol. The molecule has 1 amide bonds. The predicted molar refractivity (Wildman–Crippen MR) is 106 cm³/mol. The number of carbonyl (C=O) groups is 1. The number of aryl methyl sites for hydroxylation is 1. The molecule has 1 aliphatic heterocycles. The summed E-state index contributed by atoms with van der Waals surface area (Å²) in [5.41, 5.74) is 2.36. The maximum absolute atomic E-state index is 12.5. The molecule has 0 aliphatic carbocycles. The average molecular weight is 366 g/mol. The number of nitrogens with one attached hydrogen (secondary N) is 1. The Balaban J connectivity index is 1.53. The third kappa shape index (κ3) is 3.34. The normalized spacial score (nSPS) is 16.1. The Kier molecular flexibility index (Phi) is 4.70. The fourth-order valence-electron chi connectivity index (χ4n) is 3.53. The zero-order chi connectivity index (χ0) is 18.1. The highest BCUT2D eigenvalue weighted by Gasteiger charge is 2.24. The summed E-state index contributed by atoms with van der Waals surface area (Å²) in [6.45, 7) is 4.08. The minimum absolute atomic E-state index is 0.0912. The van der Waals surface area contributed by atoms with Crippen LogP contribution in [0.1, 0.15) is 18.4 Å². The molecule has 6 heteroatoms. The van der Waals surface area contributed by atoms with Gasteiger partial charge in [0, 0.05) is 29.9 Å². The van der Waals surface area contributed by atoms with Crippen LogP contribution in [0.4, 0.5) is 5.13 Å². The minimum atomic E-state index is 0.0912. The molecule has 134 valence electrons. The van der Waals surface area contributed by atoms with E-state index >= 15 is 0 Å². The number of hydrogen-bond acceptors (Lipinski definition) is 5. The molecule has 1 saturated heterocycles. The van der Waals surface area contributed by atoms with Crippen LogP contribution >= 0.6 is 11.3 Å². The summed E-state index contributed by atoms with van der Waals surface area (Å²) >= 11 is 1.53. The number of benzene rings is 1. The summed E-state index contributed by atoms with van der Waals surface area (Å²) in [6, 6.07) is 6.23. The Morgan fingerprint density at radius 1 is 1.23 bits per heavy atom. The molecule has 4 rings (SSSR count). The van der Waals surface area contributed by atoms with Crippen molar-refractivity contribution in [2.24, 2.45) is 5.92 Å². The summed E-state index contributed by atoms with van der Waals surface area (Å²) in [7, 11) is 2.10. The predicted octanol–water partition coefficient (Wildman–Crippen LogP) is 3.95. The highest BCUT2D eigenvalue weighted by molar-refractivity contribution is 7.19. The van der Waals surface area contributed by atoms with Crippen molar-refractivity contribution in [1.82, 2.24) is 14.9 Å². The molecule has 3 heterocycles. The summed E-state index contributed by atoms with van der Waals surface area (Å²) in [6.07, 6.45) is 7.38. The maximum atomic E-state index is 12.5. The van der Waals surface area contributed by atoms with Crippen LogP contribution in [-0.4, -0.2) is 40.9 Å². The first kappa shape index (κ1) is 17.1. The molecule has 0 radical (unpaired) electrons. The molecule has 1 fully saturated rings. The van der Waals surface area contributed by atoms with Crippen LogP contribution in [0.2, 0.25) is 0 Å². The number of anilines is 1. The molecule has 0 unspecified atom stereocenters. The molecule has 1 aromatic carbocycles. The fraction of sp³-hybridized carbons (Fsp3) is 0.350. The number of nitrogens with zero attached hydrogens (tertiary/aromatic N) is 3. The Morgan fingerprint density at radius 2 is 2.04 bits per heavy atom. The van der Waals surface area contributed by atoms with E-state index in [2.05, 4.69) is 46.3 Å². The van der Waals surface area contributed by atoms with Gasteiger partial charge in [-0.25, -0.2) is 4.98 Å². The molecule has 3 aromatic rings. The zero-order valence-corrected chi connectivity index (χ0v) is 15.8. The van der Waals surface area contributed by atoms with E-state index in [1.165, 1.54) is 22.3 Å². The second-order valence-corrected chi connectivity index (χ2v) is 7.96. The lowest BCUT2D eigenvalue weighted by atomic mass is 9.96. The molecule has 0 saturated carbocycles. The van der Waals surface area contributed by atoms with Crippen LogP contribution in [0.5, 0.6) is 0 Å². The molecule has 26 heavy (non-hydrogen) atoms. The van der Waals surface area contributed by atoms with Gasteiger partial charge in [-0.15, -0.1) is 0 Å². The number of aromatic nitrogens is 2. The molecular weight excluding hydrogens is 344 g/mol. The van der Waals surface area contributed by atoms with Crippen molar-refractivity contribution in [3.05, 3.63) is 42.4 Å². The van der Waals surface area contributed by atoms with Gasteiger partial charge >= 0.3 is 0 Å².